The van der Waals surface area contributed by atoms with Crippen LogP contribution in [0.4, 0.5) is 5.69 Å². The first-order valence-corrected chi connectivity index (χ1v) is 11.7. The molecular weight excluding hydrogens is 547 g/mol. The number of oxazole rings is 1. The van der Waals surface area contributed by atoms with E-state index in [4.69, 9.17) is 4.42 Å². The average Bonchev–Trinajstić information content (AvgIpc) is 3.30. The second-order valence-corrected chi connectivity index (χ2v) is 10.6. The smallest absolute Gasteiger partial charge is 0.231 e. The first kappa shape index (κ1) is 25.2. The molecule has 180 valence electrons. The lowest BCUT2D eigenvalue weighted by atomic mass is 9.81. The first-order valence-electron chi connectivity index (χ1n) is 11.7. The Hall–Kier alpha value is -2.93. The van der Waals surface area contributed by atoms with E-state index in [1.807, 2.05) is 36.4 Å². The lowest BCUT2D eigenvalue weighted by Gasteiger charge is -2.21. The van der Waals surface area contributed by atoms with Crippen LogP contribution in [0.3, 0.4) is 0 Å². The normalized spacial score (nSPS) is 15.0. The summed E-state index contributed by atoms with van der Waals surface area (Å²) in [5, 5.41) is 11.3. The molecule has 0 unspecified atom stereocenters. The second kappa shape index (κ2) is 8.94. The molecule has 5 heteroatoms. The van der Waals surface area contributed by atoms with Gasteiger partial charge in [-0.2, -0.15) is 4.58 Å². The van der Waals surface area contributed by atoms with Crippen LogP contribution in [0.15, 0.2) is 71.2 Å². The largest absolute Gasteiger partial charge is 1.00 e. The number of hydrogen-bond acceptors (Lipinski definition) is 3. The maximum absolute atomic E-state index is 11.3. The number of para-hydroxylation sites is 3. The molecule has 0 spiro atoms. The van der Waals surface area contributed by atoms with Gasteiger partial charge in [-0.15, -0.1) is 0 Å². The van der Waals surface area contributed by atoms with E-state index in [1.54, 1.807) is 0 Å². The van der Waals surface area contributed by atoms with Crippen LogP contribution < -0.4 is 24.0 Å². The number of phenolic OH excluding ortho intramolecular Hbond substituents is 1. The van der Waals surface area contributed by atoms with E-state index in [0.717, 1.165) is 16.6 Å². The molecule has 1 aliphatic heterocycles. The van der Waals surface area contributed by atoms with E-state index >= 15 is 0 Å². The Kier molecular flexibility index (Phi) is 6.43. The van der Waals surface area contributed by atoms with Crippen LogP contribution >= 0.6 is 0 Å². The van der Waals surface area contributed by atoms with E-state index in [0.29, 0.717) is 17.0 Å². The Morgan fingerprint density at radius 2 is 1.66 bits per heavy atom. The fraction of sp³-hybridized carbons (Fsp3) is 0.267. The van der Waals surface area contributed by atoms with E-state index in [-0.39, 0.29) is 40.6 Å². The molecule has 0 bridgehead atoms. The van der Waals surface area contributed by atoms with Crippen LogP contribution in [0.5, 0.6) is 5.75 Å². The predicted octanol–water partition coefficient (Wildman–Crippen LogP) is 4.22. The van der Waals surface area contributed by atoms with E-state index in [1.165, 1.54) is 17.0 Å². The lowest BCUT2D eigenvalue weighted by molar-refractivity contribution is -0.401. The molecule has 35 heavy (non-hydrogen) atoms. The van der Waals surface area contributed by atoms with Crippen molar-refractivity contribution in [2.75, 3.05) is 7.05 Å². The summed E-state index contributed by atoms with van der Waals surface area (Å²) >= 11 is 0. The Balaban J connectivity index is 0.00000289. The highest BCUT2D eigenvalue weighted by molar-refractivity contribution is 6.05. The second-order valence-electron chi connectivity index (χ2n) is 10.6. The van der Waals surface area contributed by atoms with Crippen molar-refractivity contribution in [3.05, 3.63) is 83.4 Å². The number of aromatic hydroxyl groups is 1. The van der Waals surface area contributed by atoms with Crippen molar-refractivity contribution in [2.45, 2.75) is 45.4 Å². The summed E-state index contributed by atoms with van der Waals surface area (Å²) in [6, 6.07) is 20.2. The van der Waals surface area contributed by atoms with Crippen molar-refractivity contribution in [1.29, 1.82) is 0 Å². The summed E-state index contributed by atoms with van der Waals surface area (Å²) in [6.45, 7) is 11.0. The van der Waals surface area contributed by atoms with Gasteiger partial charge >= 0.3 is 0 Å². The number of aromatic nitrogens is 1. The van der Waals surface area contributed by atoms with Crippen LogP contribution in [0.1, 0.15) is 51.3 Å². The molecule has 0 saturated carbocycles. The molecule has 1 aromatic heterocycles. The van der Waals surface area contributed by atoms with Gasteiger partial charge < -0.3 is 33.5 Å². The number of rotatable bonds is 3. The maximum Gasteiger partial charge on any atom is 0.231 e. The summed E-state index contributed by atoms with van der Waals surface area (Å²) in [4.78, 5) is 4.64. The first-order chi connectivity index (χ1) is 16.1. The quantitative estimate of drug-likeness (QED) is 0.293. The Morgan fingerprint density at radius 3 is 2.34 bits per heavy atom. The van der Waals surface area contributed by atoms with Gasteiger partial charge in [-0.05, 0) is 55.2 Å². The van der Waals surface area contributed by atoms with Gasteiger partial charge in [0.2, 0.25) is 11.6 Å². The molecule has 4 nitrogen and oxygen atoms in total. The van der Waals surface area contributed by atoms with E-state index < -0.39 is 0 Å². The van der Waals surface area contributed by atoms with Crippen molar-refractivity contribution in [1.82, 2.24) is 4.98 Å². The highest BCUT2D eigenvalue weighted by Crippen LogP contribution is 2.41. The third kappa shape index (κ3) is 4.31. The van der Waals surface area contributed by atoms with Gasteiger partial charge in [-0.25, -0.2) is 4.98 Å². The molecule has 5 rings (SSSR count). The zero-order valence-corrected chi connectivity index (χ0v) is 23.2. The van der Waals surface area contributed by atoms with Gasteiger partial charge in [0.05, 0.1) is 11.0 Å². The topological polar surface area (TPSA) is 49.3 Å². The third-order valence-electron chi connectivity index (χ3n) is 6.89. The Bertz CT molecular complexity index is 1450. The van der Waals surface area contributed by atoms with Gasteiger partial charge in [0.1, 0.15) is 18.3 Å². The summed E-state index contributed by atoms with van der Waals surface area (Å²) in [7, 11) is 2.10. The van der Waals surface area contributed by atoms with Gasteiger partial charge in [0, 0.05) is 23.3 Å². The minimum atomic E-state index is -0.137. The molecule has 0 amide bonds. The van der Waals surface area contributed by atoms with E-state index in [2.05, 4.69) is 87.6 Å². The van der Waals surface area contributed by atoms with E-state index in [9.17, 15) is 5.11 Å². The number of fused-ring (bicyclic) bond motifs is 2. The zero-order chi connectivity index (χ0) is 24.3. The number of nitrogens with zero attached hydrogens (tertiary/aromatic N) is 2. The Morgan fingerprint density at radius 1 is 0.971 bits per heavy atom. The lowest BCUT2D eigenvalue weighted by Crippen LogP contribution is -3.00. The molecule has 0 radical (unpaired) electrons. The summed E-state index contributed by atoms with van der Waals surface area (Å²) in [5.74, 6) is 0.602. The molecular formula is C30H31IN2O2. The van der Waals surface area contributed by atoms with Crippen molar-refractivity contribution >= 4 is 28.6 Å². The number of benzene rings is 3. The molecule has 2 heterocycles. The van der Waals surface area contributed by atoms with Gasteiger partial charge in [0.15, 0.2) is 11.3 Å². The van der Waals surface area contributed by atoms with Crippen LogP contribution in [0.25, 0.3) is 28.6 Å². The predicted molar refractivity (Wildman–Crippen MR) is 139 cm³/mol. The van der Waals surface area contributed by atoms with Crippen LogP contribution in [0.2, 0.25) is 0 Å². The summed E-state index contributed by atoms with van der Waals surface area (Å²) < 4.78 is 8.25. The van der Waals surface area contributed by atoms with Crippen LogP contribution in [0, 0.1) is 0 Å². The summed E-state index contributed by atoms with van der Waals surface area (Å²) in [5.41, 5.74) is 7.39. The molecule has 0 fully saturated rings. The van der Waals surface area contributed by atoms with Gasteiger partial charge in [-0.1, -0.05) is 51.1 Å². The van der Waals surface area contributed by atoms with Crippen molar-refractivity contribution in [3.8, 4) is 17.2 Å². The molecule has 4 aromatic rings. The summed E-state index contributed by atoms with van der Waals surface area (Å²) in [6.07, 6.45) is 4.13. The minimum absolute atomic E-state index is 0. The molecule has 0 aliphatic carbocycles. The third-order valence-corrected chi connectivity index (χ3v) is 6.89. The molecule has 0 atom stereocenters. The fourth-order valence-electron chi connectivity index (χ4n) is 4.84. The monoisotopic (exact) mass is 578 g/mol. The van der Waals surface area contributed by atoms with Crippen LogP contribution in [-0.2, 0) is 10.8 Å². The average molecular weight is 578 g/mol. The highest BCUT2D eigenvalue weighted by Gasteiger charge is 2.42. The number of hydrogen-bond donors (Lipinski definition) is 1. The van der Waals surface area contributed by atoms with Crippen molar-refractivity contribution in [3.63, 3.8) is 0 Å². The Labute approximate surface area is 224 Å². The SMILES string of the molecule is C[N+]1=C(/C=C/c2cc(C(C)(C)C)cc(-c3nc4ccccc4o3)c2O)C(C)(C)c2ccccc21.[I-]. The zero-order valence-electron chi connectivity index (χ0n) is 21.1. The van der Waals surface area contributed by atoms with Crippen LogP contribution in [-0.4, -0.2) is 27.4 Å². The maximum atomic E-state index is 11.3. The van der Waals surface area contributed by atoms with Crippen molar-refractivity contribution in [2.24, 2.45) is 0 Å². The van der Waals surface area contributed by atoms with Gasteiger partial charge in [0.25, 0.3) is 0 Å². The standard InChI is InChI=1S/C30H30N2O2.HI/c1-29(2,3)20-17-19(15-16-26-30(4,5)22-11-7-9-13-24(22)32(26)6)27(33)21(18-20)28-31-23-12-8-10-14-25(23)34-28;/h7-18H,1-6H3;1H. The molecule has 1 aliphatic rings. The molecule has 3 aromatic carbocycles. The fourth-order valence-corrected chi connectivity index (χ4v) is 4.84. The number of phenols is 1. The number of allylic oxidation sites excluding steroid dienone is 1. The molecule has 1 N–H and O–H groups in total. The highest BCUT2D eigenvalue weighted by atomic mass is 127. The van der Waals surface area contributed by atoms with Gasteiger partial charge in [-0.3, -0.25) is 0 Å². The minimum Gasteiger partial charge on any atom is -1.00 e. The number of halogens is 1. The van der Waals surface area contributed by atoms with Crippen molar-refractivity contribution < 1.29 is 38.1 Å². The molecule has 0 saturated heterocycles.